The molecule has 0 aliphatic carbocycles. The number of unbranched alkanes of at least 4 members (excludes halogenated alkanes) is 42. The zero-order valence-electron chi connectivity index (χ0n) is 48.8. The number of ether oxygens (including phenoxy) is 5. The molecule has 1 heterocycles. The summed E-state index contributed by atoms with van der Waals surface area (Å²) in [5.41, 5.74) is 0. The first-order chi connectivity index (χ1) is 36.6. The van der Waals surface area contributed by atoms with Crippen LogP contribution in [0, 0.1) is 0 Å². The van der Waals surface area contributed by atoms with Crippen LogP contribution in [0.4, 0.5) is 0 Å². The molecule has 1 aliphatic rings. The number of carboxylic acids is 1. The Morgan fingerprint density at radius 1 is 0.387 bits per heavy atom. The Morgan fingerprint density at radius 2 is 0.680 bits per heavy atom. The number of aliphatic carboxylic acids is 1. The van der Waals surface area contributed by atoms with E-state index in [-0.39, 0.29) is 25.9 Å². The highest BCUT2D eigenvalue weighted by atomic mass is 16.7. The average molecular weight is 1070 g/mol. The van der Waals surface area contributed by atoms with Crippen LogP contribution in [0.3, 0.4) is 0 Å². The SMILES string of the molecule is CCCCCCCCCCCCCCCCCCCCCC(=O)OCC(COC1OC(C(=O)O)C(O)C(O)C1OC(=O)CCCCCCCCCCCCCCC)OC(=O)CCCCCCCCCCCCCCC. The van der Waals surface area contributed by atoms with Crippen molar-refractivity contribution in [2.24, 2.45) is 0 Å². The maximum Gasteiger partial charge on any atom is 0.335 e. The van der Waals surface area contributed by atoms with E-state index in [1.165, 1.54) is 212 Å². The van der Waals surface area contributed by atoms with Crippen LogP contribution in [-0.2, 0) is 42.9 Å². The number of carbonyl (C=O) groups is 4. The fourth-order valence-corrected chi connectivity index (χ4v) is 10.3. The molecular weight excluding hydrogens is 949 g/mol. The highest BCUT2D eigenvalue weighted by Crippen LogP contribution is 2.27. The Kier molecular flexibility index (Phi) is 49.4. The van der Waals surface area contributed by atoms with E-state index < -0.39 is 67.3 Å². The molecule has 6 unspecified atom stereocenters. The van der Waals surface area contributed by atoms with Gasteiger partial charge >= 0.3 is 23.9 Å². The molecule has 1 fully saturated rings. The van der Waals surface area contributed by atoms with Gasteiger partial charge in [0.1, 0.15) is 18.8 Å². The molecule has 0 saturated carbocycles. The number of hydrogen-bond acceptors (Lipinski definition) is 11. The number of carboxylic acid groups (broad SMARTS) is 1. The molecule has 6 atom stereocenters. The minimum Gasteiger partial charge on any atom is -0.479 e. The molecule has 0 aromatic carbocycles. The van der Waals surface area contributed by atoms with Gasteiger partial charge in [0, 0.05) is 19.3 Å². The fourth-order valence-electron chi connectivity index (χ4n) is 10.3. The predicted molar refractivity (Wildman–Crippen MR) is 304 cm³/mol. The lowest BCUT2D eigenvalue weighted by atomic mass is 9.98. The van der Waals surface area contributed by atoms with Crippen molar-refractivity contribution in [2.75, 3.05) is 13.2 Å². The van der Waals surface area contributed by atoms with E-state index in [1.807, 2.05) is 0 Å². The number of rotatable bonds is 56. The lowest BCUT2D eigenvalue weighted by Crippen LogP contribution is -2.61. The Labute approximate surface area is 459 Å². The number of esters is 3. The van der Waals surface area contributed by atoms with E-state index in [0.29, 0.717) is 19.3 Å². The first-order valence-corrected chi connectivity index (χ1v) is 32.0. The summed E-state index contributed by atoms with van der Waals surface area (Å²) in [5, 5.41) is 31.5. The molecular formula is C63H118O12. The van der Waals surface area contributed by atoms with Crippen LogP contribution in [0.1, 0.15) is 329 Å². The second-order valence-electron chi connectivity index (χ2n) is 22.4. The van der Waals surface area contributed by atoms with Crippen molar-refractivity contribution < 1.29 is 58.2 Å². The lowest BCUT2D eigenvalue weighted by Gasteiger charge is -2.40. The van der Waals surface area contributed by atoms with Crippen LogP contribution in [-0.4, -0.2) is 89.2 Å². The average Bonchev–Trinajstić information content (AvgIpc) is 3.39. The van der Waals surface area contributed by atoms with E-state index in [9.17, 15) is 34.5 Å². The first kappa shape index (κ1) is 70.7. The topological polar surface area (TPSA) is 175 Å². The Hall–Kier alpha value is -2.28. The summed E-state index contributed by atoms with van der Waals surface area (Å²) < 4.78 is 28.5. The number of carbonyl (C=O) groups excluding carboxylic acids is 3. The molecule has 3 N–H and O–H groups in total. The second kappa shape index (κ2) is 52.4. The minimum absolute atomic E-state index is 0.0705. The lowest BCUT2D eigenvalue weighted by molar-refractivity contribution is -0.301. The van der Waals surface area contributed by atoms with Crippen molar-refractivity contribution >= 4 is 23.9 Å². The summed E-state index contributed by atoms with van der Waals surface area (Å²) in [5.74, 6) is -3.06. The molecule has 442 valence electrons. The van der Waals surface area contributed by atoms with E-state index in [2.05, 4.69) is 20.8 Å². The van der Waals surface area contributed by atoms with Gasteiger partial charge in [0.25, 0.3) is 0 Å². The number of aliphatic hydroxyl groups excluding tert-OH is 2. The van der Waals surface area contributed by atoms with Gasteiger partial charge in [-0.05, 0) is 19.3 Å². The molecule has 12 nitrogen and oxygen atoms in total. The Bertz CT molecular complexity index is 1310. The molecule has 0 aromatic rings. The summed E-state index contributed by atoms with van der Waals surface area (Å²) in [6.07, 6.45) is 45.0. The van der Waals surface area contributed by atoms with Gasteiger partial charge in [0.05, 0.1) is 6.61 Å². The Balaban J connectivity index is 2.61. The van der Waals surface area contributed by atoms with E-state index in [1.54, 1.807) is 0 Å². The molecule has 0 aromatic heterocycles. The van der Waals surface area contributed by atoms with Crippen LogP contribution in [0.15, 0.2) is 0 Å². The van der Waals surface area contributed by atoms with Crippen LogP contribution in [0.2, 0.25) is 0 Å². The van der Waals surface area contributed by atoms with Crippen molar-refractivity contribution in [2.45, 2.75) is 366 Å². The summed E-state index contributed by atoms with van der Waals surface area (Å²) in [6.45, 7) is 6.05. The van der Waals surface area contributed by atoms with E-state index in [0.717, 1.165) is 57.8 Å². The van der Waals surface area contributed by atoms with Gasteiger partial charge in [-0.25, -0.2) is 4.79 Å². The molecule has 75 heavy (non-hydrogen) atoms. The summed E-state index contributed by atoms with van der Waals surface area (Å²) in [6, 6.07) is 0. The molecule has 0 spiro atoms. The maximum atomic E-state index is 13.2. The third-order valence-electron chi connectivity index (χ3n) is 15.2. The van der Waals surface area contributed by atoms with Crippen LogP contribution < -0.4 is 0 Å². The third kappa shape index (κ3) is 42.4. The van der Waals surface area contributed by atoms with Crippen LogP contribution >= 0.6 is 0 Å². The predicted octanol–water partition coefficient (Wildman–Crippen LogP) is 16.7. The molecule has 1 saturated heterocycles. The molecule has 0 amide bonds. The van der Waals surface area contributed by atoms with Crippen molar-refractivity contribution in [1.29, 1.82) is 0 Å². The van der Waals surface area contributed by atoms with Crippen molar-refractivity contribution in [3.63, 3.8) is 0 Å². The van der Waals surface area contributed by atoms with Crippen molar-refractivity contribution in [1.82, 2.24) is 0 Å². The van der Waals surface area contributed by atoms with Crippen molar-refractivity contribution in [3.05, 3.63) is 0 Å². The minimum atomic E-state index is -1.89. The number of hydrogen-bond donors (Lipinski definition) is 3. The molecule has 0 bridgehead atoms. The van der Waals surface area contributed by atoms with Crippen molar-refractivity contribution in [3.8, 4) is 0 Å². The van der Waals surface area contributed by atoms with Gasteiger partial charge in [-0.2, -0.15) is 0 Å². The van der Waals surface area contributed by atoms with Gasteiger partial charge in [-0.1, -0.05) is 290 Å². The smallest absolute Gasteiger partial charge is 0.335 e. The van der Waals surface area contributed by atoms with E-state index >= 15 is 0 Å². The highest BCUT2D eigenvalue weighted by molar-refractivity contribution is 5.74. The summed E-state index contributed by atoms with van der Waals surface area (Å²) in [4.78, 5) is 51.2. The Morgan fingerprint density at radius 3 is 1.00 bits per heavy atom. The fraction of sp³-hybridized carbons (Fsp3) is 0.937. The molecule has 0 radical (unpaired) electrons. The standard InChI is InChI=1S/C63H118O12/c1-4-7-10-13-16-19-22-25-26-27-28-29-30-33-34-37-40-43-46-49-55(64)71-52-54(73-56(65)50-47-44-41-38-35-31-23-20-17-14-11-8-5-2)53-72-63-61(59(68)58(67)60(75-63)62(69)70)74-57(66)51-48-45-42-39-36-32-24-21-18-15-12-9-6-3/h54,58-61,63,67-68H,4-53H2,1-3H3,(H,69,70). The van der Waals surface area contributed by atoms with Gasteiger partial charge in [0.15, 0.2) is 24.6 Å². The quantitative estimate of drug-likeness (QED) is 0.0299. The van der Waals surface area contributed by atoms with E-state index in [4.69, 9.17) is 23.7 Å². The molecule has 1 aliphatic heterocycles. The summed E-state index contributed by atoms with van der Waals surface area (Å²) in [7, 11) is 0. The van der Waals surface area contributed by atoms with Gasteiger partial charge < -0.3 is 39.0 Å². The zero-order valence-corrected chi connectivity index (χ0v) is 48.8. The van der Waals surface area contributed by atoms with Gasteiger partial charge in [-0.3, -0.25) is 14.4 Å². The second-order valence-corrected chi connectivity index (χ2v) is 22.4. The molecule has 12 heteroatoms. The van der Waals surface area contributed by atoms with Crippen LogP contribution in [0.5, 0.6) is 0 Å². The highest BCUT2D eigenvalue weighted by Gasteiger charge is 2.50. The van der Waals surface area contributed by atoms with Gasteiger partial charge in [-0.15, -0.1) is 0 Å². The monoisotopic (exact) mass is 1070 g/mol. The zero-order chi connectivity index (χ0) is 54.7. The normalized spacial score (nSPS) is 18.0. The first-order valence-electron chi connectivity index (χ1n) is 32.0. The maximum absolute atomic E-state index is 13.2. The largest absolute Gasteiger partial charge is 0.479 e. The third-order valence-corrected chi connectivity index (χ3v) is 15.2. The van der Waals surface area contributed by atoms with Crippen LogP contribution in [0.25, 0.3) is 0 Å². The summed E-state index contributed by atoms with van der Waals surface area (Å²) >= 11 is 0. The number of aliphatic hydroxyl groups is 2. The molecule has 1 rings (SSSR count). The van der Waals surface area contributed by atoms with Gasteiger partial charge in [0.2, 0.25) is 0 Å².